The van der Waals surface area contributed by atoms with Crippen LogP contribution in [0, 0.1) is 5.92 Å². The summed E-state index contributed by atoms with van der Waals surface area (Å²) >= 11 is 0. The topological polar surface area (TPSA) is 55.6 Å². The minimum Gasteiger partial charge on any atom is -0.380 e. The zero-order valence-corrected chi connectivity index (χ0v) is 9.74. The summed E-state index contributed by atoms with van der Waals surface area (Å²) in [5.41, 5.74) is 5.93. The van der Waals surface area contributed by atoms with Gasteiger partial charge in [0.15, 0.2) is 0 Å². The van der Waals surface area contributed by atoms with Crippen molar-refractivity contribution in [3.63, 3.8) is 0 Å². The summed E-state index contributed by atoms with van der Waals surface area (Å²) in [6.07, 6.45) is 1.60. The molecule has 4 heteroatoms. The number of likely N-dealkylation sites (tertiary alicyclic amines) is 1. The summed E-state index contributed by atoms with van der Waals surface area (Å²) in [4.78, 5) is 13.4. The van der Waals surface area contributed by atoms with Crippen LogP contribution in [0.4, 0.5) is 0 Å². The van der Waals surface area contributed by atoms with E-state index >= 15 is 0 Å². The van der Waals surface area contributed by atoms with Crippen LogP contribution in [0.25, 0.3) is 0 Å². The highest BCUT2D eigenvalue weighted by atomic mass is 16.5. The van der Waals surface area contributed by atoms with E-state index in [9.17, 15) is 4.79 Å². The van der Waals surface area contributed by atoms with Crippen molar-refractivity contribution in [2.24, 2.45) is 11.7 Å². The van der Waals surface area contributed by atoms with Crippen LogP contribution in [0.5, 0.6) is 0 Å². The molecule has 4 nitrogen and oxygen atoms in total. The molecule has 2 unspecified atom stereocenters. The number of rotatable bonds is 5. The first-order valence-corrected chi connectivity index (χ1v) is 5.76. The third-order valence-electron chi connectivity index (χ3n) is 2.87. The van der Waals surface area contributed by atoms with Gasteiger partial charge in [-0.05, 0) is 12.3 Å². The lowest BCUT2D eigenvalue weighted by Gasteiger charge is -2.34. The van der Waals surface area contributed by atoms with Crippen LogP contribution < -0.4 is 5.73 Å². The Kier molecular flexibility index (Phi) is 5.05. The Morgan fingerprint density at radius 3 is 2.93 bits per heavy atom. The van der Waals surface area contributed by atoms with Crippen molar-refractivity contribution in [1.29, 1.82) is 0 Å². The van der Waals surface area contributed by atoms with E-state index in [2.05, 4.69) is 6.92 Å². The number of nitrogens with zero attached hydrogens (tertiary/aromatic N) is 1. The third-order valence-corrected chi connectivity index (χ3v) is 2.87. The van der Waals surface area contributed by atoms with Gasteiger partial charge in [0, 0.05) is 32.2 Å². The van der Waals surface area contributed by atoms with Gasteiger partial charge in [-0.1, -0.05) is 13.8 Å². The molecule has 15 heavy (non-hydrogen) atoms. The van der Waals surface area contributed by atoms with Gasteiger partial charge in [0.25, 0.3) is 0 Å². The summed E-state index contributed by atoms with van der Waals surface area (Å²) in [7, 11) is 0. The highest BCUT2D eigenvalue weighted by Gasteiger charge is 2.28. The lowest BCUT2D eigenvalue weighted by Crippen LogP contribution is -2.51. The average Bonchev–Trinajstić information content (AvgIpc) is 2.20. The van der Waals surface area contributed by atoms with Crippen LogP contribution in [0.15, 0.2) is 0 Å². The Labute approximate surface area is 91.8 Å². The fraction of sp³-hybridized carbons (Fsp3) is 0.909. The SMILES string of the molecule is CCCOCCN1CC(N)C(C)CC1=O. The molecule has 1 fully saturated rings. The van der Waals surface area contributed by atoms with Crippen LogP contribution in [0.2, 0.25) is 0 Å². The molecule has 0 bridgehead atoms. The number of hydrogen-bond donors (Lipinski definition) is 1. The molecule has 2 atom stereocenters. The zero-order valence-electron chi connectivity index (χ0n) is 9.74. The number of nitrogens with two attached hydrogens (primary N) is 1. The average molecular weight is 214 g/mol. The summed E-state index contributed by atoms with van der Waals surface area (Å²) in [5, 5.41) is 0. The maximum Gasteiger partial charge on any atom is 0.223 e. The van der Waals surface area contributed by atoms with E-state index in [0.717, 1.165) is 13.0 Å². The predicted octanol–water partition coefficient (Wildman–Crippen LogP) is 0.609. The zero-order chi connectivity index (χ0) is 11.3. The van der Waals surface area contributed by atoms with Gasteiger partial charge in [-0.3, -0.25) is 4.79 Å². The molecule has 0 spiro atoms. The Hall–Kier alpha value is -0.610. The van der Waals surface area contributed by atoms with Gasteiger partial charge in [-0.2, -0.15) is 0 Å². The monoisotopic (exact) mass is 214 g/mol. The second-order valence-corrected chi connectivity index (χ2v) is 4.30. The number of hydrogen-bond acceptors (Lipinski definition) is 3. The van der Waals surface area contributed by atoms with E-state index in [0.29, 0.717) is 32.0 Å². The summed E-state index contributed by atoms with van der Waals surface area (Å²) in [6, 6.07) is 0.119. The van der Waals surface area contributed by atoms with Gasteiger partial charge in [-0.15, -0.1) is 0 Å². The number of ether oxygens (including phenoxy) is 1. The first-order valence-electron chi connectivity index (χ1n) is 5.76. The van der Waals surface area contributed by atoms with Crippen LogP contribution >= 0.6 is 0 Å². The van der Waals surface area contributed by atoms with Gasteiger partial charge in [0.2, 0.25) is 5.91 Å². The maximum absolute atomic E-state index is 11.6. The van der Waals surface area contributed by atoms with Gasteiger partial charge < -0.3 is 15.4 Å². The molecule has 1 aliphatic rings. The molecule has 0 radical (unpaired) electrons. The Balaban J connectivity index is 2.25. The lowest BCUT2D eigenvalue weighted by molar-refractivity contribution is -0.136. The largest absolute Gasteiger partial charge is 0.380 e. The van der Waals surface area contributed by atoms with Gasteiger partial charge in [0.1, 0.15) is 0 Å². The van der Waals surface area contributed by atoms with Crippen LogP contribution in [-0.4, -0.2) is 43.2 Å². The summed E-state index contributed by atoms with van der Waals surface area (Å²) in [6.45, 7) is 6.86. The molecule has 88 valence electrons. The lowest BCUT2D eigenvalue weighted by atomic mass is 9.94. The molecule has 0 aromatic heterocycles. The Morgan fingerprint density at radius 1 is 1.53 bits per heavy atom. The number of carbonyl (C=O) groups is 1. The van der Waals surface area contributed by atoms with Crippen molar-refractivity contribution in [1.82, 2.24) is 4.90 Å². The molecule has 1 amide bonds. The molecule has 1 rings (SSSR count). The van der Waals surface area contributed by atoms with Crippen molar-refractivity contribution in [3.05, 3.63) is 0 Å². The maximum atomic E-state index is 11.6. The van der Waals surface area contributed by atoms with Crippen molar-refractivity contribution in [3.8, 4) is 0 Å². The molecule has 0 aromatic rings. The van der Waals surface area contributed by atoms with Crippen molar-refractivity contribution >= 4 is 5.91 Å². The van der Waals surface area contributed by atoms with Gasteiger partial charge in [0.05, 0.1) is 6.61 Å². The van der Waals surface area contributed by atoms with Crippen LogP contribution in [-0.2, 0) is 9.53 Å². The third kappa shape index (κ3) is 3.80. The molecule has 0 aliphatic carbocycles. The molecule has 1 saturated heterocycles. The summed E-state index contributed by atoms with van der Waals surface area (Å²) in [5.74, 6) is 0.523. The Morgan fingerprint density at radius 2 is 2.27 bits per heavy atom. The first kappa shape index (κ1) is 12.5. The van der Waals surface area contributed by atoms with E-state index < -0.39 is 0 Å². The molecular formula is C11H22N2O2. The van der Waals surface area contributed by atoms with E-state index in [-0.39, 0.29) is 11.9 Å². The number of piperidine rings is 1. The molecule has 0 saturated carbocycles. The van der Waals surface area contributed by atoms with Crippen LogP contribution in [0.3, 0.4) is 0 Å². The molecule has 1 aliphatic heterocycles. The fourth-order valence-electron chi connectivity index (χ4n) is 1.73. The molecule has 2 N–H and O–H groups in total. The van der Waals surface area contributed by atoms with E-state index in [1.807, 2.05) is 11.8 Å². The summed E-state index contributed by atoms with van der Waals surface area (Å²) < 4.78 is 5.36. The fourth-order valence-corrected chi connectivity index (χ4v) is 1.73. The standard InChI is InChI=1S/C11H22N2O2/c1-3-5-15-6-4-13-8-10(12)9(2)7-11(13)14/h9-10H,3-8,12H2,1-2H3. The quantitative estimate of drug-likeness (QED) is 0.682. The molecule has 0 aromatic carbocycles. The minimum atomic E-state index is 0.119. The van der Waals surface area contributed by atoms with Gasteiger partial charge >= 0.3 is 0 Å². The van der Waals surface area contributed by atoms with E-state index in [1.54, 1.807) is 0 Å². The predicted molar refractivity (Wildman–Crippen MR) is 59.4 cm³/mol. The minimum absolute atomic E-state index is 0.119. The molecular weight excluding hydrogens is 192 g/mol. The second kappa shape index (κ2) is 6.08. The Bertz CT molecular complexity index is 209. The van der Waals surface area contributed by atoms with Gasteiger partial charge in [-0.25, -0.2) is 0 Å². The van der Waals surface area contributed by atoms with Crippen molar-refractivity contribution in [2.75, 3.05) is 26.3 Å². The second-order valence-electron chi connectivity index (χ2n) is 4.30. The highest BCUT2D eigenvalue weighted by Crippen LogP contribution is 2.16. The highest BCUT2D eigenvalue weighted by molar-refractivity contribution is 5.77. The van der Waals surface area contributed by atoms with Crippen LogP contribution in [0.1, 0.15) is 26.7 Å². The number of carbonyl (C=O) groups excluding carboxylic acids is 1. The molecule has 1 heterocycles. The van der Waals surface area contributed by atoms with Crippen molar-refractivity contribution in [2.45, 2.75) is 32.7 Å². The normalized spacial score (nSPS) is 27.1. The van der Waals surface area contributed by atoms with E-state index in [4.69, 9.17) is 10.5 Å². The first-order chi connectivity index (χ1) is 7.15. The smallest absolute Gasteiger partial charge is 0.223 e. The van der Waals surface area contributed by atoms with E-state index in [1.165, 1.54) is 0 Å². The number of amides is 1. The van der Waals surface area contributed by atoms with Crippen molar-refractivity contribution < 1.29 is 9.53 Å².